The summed E-state index contributed by atoms with van der Waals surface area (Å²) in [5, 5.41) is -0.0280. The number of carbonyl (C=O) groups excluding carboxylic acids is 1. The number of carbonyl (C=O) groups is 1. The molecule has 1 fully saturated rings. The molecule has 0 bridgehead atoms. The molecule has 0 radical (unpaired) electrons. The van der Waals surface area contributed by atoms with E-state index in [1.165, 1.54) is 7.05 Å². The molecule has 0 aliphatic carbocycles. The smallest absolute Gasteiger partial charge is 0.246 e. The van der Waals surface area contributed by atoms with E-state index >= 15 is 0 Å². The lowest BCUT2D eigenvalue weighted by Gasteiger charge is -2.20. The lowest BCUT2D eigenvalue weighted by Crippen LogP contribution is -2.39. The van der Waals surface area contributed by atoms with Gasteiger partial charge in [0, 0.05) is 20.1 Å². The fraction of sp³-hybridized carbons (Fsp3) is 0.545. The predicted molar refractivity (Wildman–Crippen MR) is 72.7 cm³/mol. The van der Waals surface area contributed by atoms with Crippen molar-refractivity contribution in [2.45, 2.75) is 17.7 Å². The van der Waals surface area contributed by atoms with Gasteiger partial charge in [-0.2, -0.15) is 4.31 Å². The van der Waals surface area contributed by atoms with E-state index in [4.69, 9.17) is 11.6 Å². The lowest BCUT2D eigenvalue weighted by atomic mass is 10.4. The van der Waals surface area contributed by atoms with E-state index in [1.807, 2.05) is 0 Å². The predicted octanol–water partition coefficient (Wildman–Crippen LogP) is 0.373. The molecule has 1 aliphatic rings. The van der Waals surface area contributed by atoms with Gasteiger partial charge in [0.25, 0.3) is 0 Å². The van der Waals surface area contributed by atoms with E-state index in [2.05, 4.69) is 9.97 Å². The van der Waals surface area contributed by atoms with Crippen molar-refractivity contribution in [2.24, 2.45) is 0 Å². The van der Waals surface area contributed by atoms with Crippen molar-refractivity contribution in [2.75, 3.05) is 26.7 Å². The average molecular weight is 319 g/mol. The first-order valence-corrected chi connectivity index (χ1v) is 7.95. The Hall–Kier alpha value is -1.25. The van der Waals surface area contributed by atoms with Crippen molar-refractivity contribution >= 4 is 27.5 Å². The highest BCUT2D eigenvalue weighted by Crippen LogP contribution is 2.14. The molecule has 0 saturated carbocycles. The second-order valence-electron chi connectivity index (χ2n) is 4.54. The topological polar surface area (TPSA) is 83.5 Å². The molecule has 1 aromatic rings. The summed E-state index contributed by atoms with van der Waals surface area (Å²) in [6, 6.07) is 0. The van der Waals surface area contributed by atoms with Gasteiger partial charge < -0.3 is 4.90 Å². The maximum absolute atomic E-state index is 12.2. The minimum Gasteiger partial charge on any atom is -0.342 e. The molecular weight excluding hydrogens is 304 g/mol. The number of aromatic nitrogens is 2. The van der Waals surface area contributed by atoms with E-state index in [1.54, 1.807) is 4.90 Å². The number of amides is 1. The van der Waals surface area contributed by atoms with Gasteiger partial charge in [-0.25, -0.2) is 18.4 Å². The SMILES string of the molecule is CN(CC(=O)N1CCCC1)S(=O)(=O)c1cnc(Cl)nc1. The molecule has 0 aromatic carbocycles. The Morgan fingerprint density at radius 3 is 2.45 bits per heavy atom. The first-order valence-electron chi connectivity index (χ1n) is 6.13. The molecule has 110 valence electrons. The van der Waals surface area contributed by atoms with Gasteiger partial charge in [0.1, 0.15) is 4.90 Å². The van der Waals surface area contributed by atoms with Crippen LogP contribution in [-0.4, -0.2) is 60.2 Å². The minimum atomic E-state index is -3.78. The molecule has 0 unspecified atom stereocenters. The van der Waals surface area contributed by atoms with E-state index < -0.39 is 10.0 Å². The molecule has 1 aliphatic heterocycles. The molecule has 9 heteroatoms. The second-order valence-corrected chi connectivity index (χ2v) is 6.92. The Balaban J connectivity index is 2.08. The Bertz CT molecular complexity index is 584. The number of halogens is 1. The number of sulfonamides is 1. The van der Waals surface area contributed by atoms with Gasteiger partial charge in [-0.15, -0.1) is 0 Å². The summed E-state index contributed by atoms with van der Waals surface area (Å²) in [7, 11) is -2.42. The molecule has 20 heavy (non-hydrogen) atoms. The number of likely N-dealkylation sites (N-methyl/N-ethyl adjacent to an activating group) is 1. The zero-order chi connectivity index (χ0) is 14.8. The van der Waals surface area contributed by atoms with Crippen LogP contribution in [0.5, 0.6) is 0 Å². The first kappa shape index (κ1) is 15.1. The summed E-state index contributed by atoms with van der Waals surface area (Å²) in [5.74, 6) is -0.191. The average Bonchev–Trinajstić information content (AvgIpc) is 2.93. The maximum atomic E-state index is 12.2. The molecule has 1 saturated heterocycles. The van der Waals surface area contributed by atoms with Gasteiger partial charge in [0.15, 0.2) is 0 Å². The van der Waals surface area contributed by atoms with Crippen molar-refractivity contribution in [3.05, 3.63) is 17.7 Å². The largest absolute Gasteiger partial charge is 0.342 e. The quantitative estimate of drug-likeness (QED) is 0.749. The highest BCUT2D eigenvalue weighted by atomic mass is 35.5. The van der Waals surface area contributed by atoms with E-state index in [9.17, 15) is 13.2 Å². The molecule has 0 N–H and O–H groups in total. The third kappa shape index (κ3) is 3.25. The first-order chi connectivity index (χ1) is 9.41. The summed E-state index contributed by atoms with van der Waals surface area (Å²) in [6.07, 6.45) is 4.18. The van der Waals surface area contributed by atoms with Crippen LogP contribution in [0, 0.1) is 0 Å². The maximum Gasteiger partial charge on any atom is 0.246 e. The van der Waals surface area contributed by atoms with Crippen LogP contribution >= 0.6 is 11.6 Å². The molecule has 0 atom stereocenters. The monoisotopic (exact) mass is 318 g/mol. The van der Waals surface area contributed by atoms with Gasteiger partial charge in [0.2, 0.25) is 21.2 Å². The highest BCUT2D eigenvalue weighted by Gasteiger charge is 2.26. The molecule has 1 aromatic heterocycles. The van der Waals surface area contributed by atoms with Crippen molar-refractivity contribution in [1.82, 2.24) is 19.2 Å². The van der Waals surface area contributed by atoms with Crippen LogP contribution in [-0.2, 0) is 14.8 Å². The van der Waals surface area contributed by atoms with E-state index in [-0.39, 0.29) is 22.6 Å². The van der Waals surface area contributed by atoms with Crippen LogP contribution in [0.4, 0.5) is 0 Å². The number of likely N-dealkylation sites (tertiary alicyclic amines) is 1. The summed E-state index contributed by atoms with van der Waals surface area (Å²) >= 11 is 5.52. The Morgan fingerprint density at radius 1 is 1.35 bits per heavy atom. The zero-order valence-corrected chi connectivity index (χ0v) is 12.6. The van der Waals surface area contributed by atoms with Crippen molar-refractivity contribution in [3.63, 3.8) is 0 Å². The van der Waals surface area contributed by atoms with Crippen LogP contribution in [0.2, 0.25) is 5.28 Å². The molecule has 1 amide bonds. The molecular formula is C11H15ClN4O3S. The van der Waals surface area contributed by atoms with Crippen molar-refractivity contribution in [3.8, 4) is 0 Å². The van der Waals surface area contributed by atoms with Crippen LogP contribution < -0.4 is 0 Å². The Labute approximate surface area is 122 Å². The van der Waals surface area contributed by atoms with E-state index in [0.717, 1.165) is 29.5 Å². The summed E-state index contributed by atoms with van der Waals surface area (Å²) in [6.45, 7) is 1.19. The zero-order valence-electron chi connectivity index (χ0n) is 11.0. The van der Waals surface area contributed by atoms with Gasteiger partial charge in [0.05, 0.1) is 18.9 Å². The molecule has 0 spiro atoms. The van der Waals surface area contributed by atoms with Crippen LogP contribution in [0.3, 0.4) is 0 Å². The second kappa shape index (κ2) is 6.02. The number of hydrogen-bond acceptors (Lipinski definition) is 5. The summed E-state index contributed by atoms with van der Waals surface area (Å²) in [4.78, 5) is 20.8. The van der Waals surface area contributed by atoms with E-state index in [0.29, 0.717) is 13.1 Å². The normalized spacial score (nSPS) is 15.8. The van der Waals surface area contributed by atoms with Crippen molar-refractivity contribution < 1.29 is 13.2 Å². The van der Waals surface area contributed by atoms with Gasteiger partial charge in [-0.05, 0) is 24.4 Å². The van der Waals surface area contributed by atoms with Crippen LogP contribution in [0.25, 0.3) is 0 Å². The molecule has 2 heterocycles. The fourth-order valence-electron chi connectivity index (χ4n) is 1.96. The number of rotatable bonds is 4. The van der Waals surface area contributed by atoms with Crippen LogP contribution in [0.1, 0.15) is 12.8 Å². The third-order valence-corrected chi connectivity index (χ3v) is 5.07. The fourth-order valence-corrected chi connectivity index (χ4v) is 3.07. The number of hydrogen-bond donors (Lipinski definition) is 0. The molecule has 2 rings (SSSR count). The summed E-state index contributed by atoms with van der Waals surface area (Å²) in [5.41, 5.74) is 0. The lowest BCUT2D eigenvalue weighted by molar-refractivity contribution is -0.130. The Kier molecular flexibility index (Phi) is 4.56. The molecule has 7 nitrogen and oxygen atoms in total. The standard InChI is InChI=1S/C11H15ClN4O3S/c1-15(8-10(17)16-4-2-3-5-16)20(18,19)9-6-13-11(12)14-7-9/h6-7H,2-5,8H2,1H3. The van der Waals surface area contributed by atoms with Crippen molar-refractivity contribution in [1.29, 1.82) is 0 Å². The summed E-state index contributed by atoms with van der Waals surface area (Å²) < 4.78 is 25.5. The number of nitrogens with zero attached hydrogens (tertiary/aromatic N) is 4. The van der Waals surface area contributed by atoms with Gasteiger partial charge in [-0.1, -0.05) is 0 Å². The van der Waals surface area contributed by atoms with Gasteiger partial charge in [-0.3, -0.25) is 4.79 Å². The van der Waals surface area contributed by atoms with Crippen LogP contribution in [0.15, 0.2) is 17.3 Å². The highest BCUT2D eigenvalue weighted by molar-refractivity contribution is 7.89. The Morgan fingerprint density at radius 2 is 1.90 bits per heavy atom. The van der Waals surface area contributed by atoms with Gasteiger partial charge >= 0.3 is 0 Å². The minimum absolute atomic E-state index is 0.0280. The third-order valence-electron chi connectivity index (χ3n) is 3.12.